The Kier molecular flexibility index (Phi) is 4.25. The van der Waals surface area contributed by atoms with Gasteiger partial charge in [-0.2, -0.15) is 23.1 Å². The fraction of sp³-hybridized carbons (Fsp3) is 0.400. The Morgan fingerprint density at radius 3 is 2.83 bits per heavy atom. The van der Waals surface area contributed by atoms with Crippen molar-refractivity contribution in [2.24, 2.45) is 0 Å². The summed E-state index contributed by atoms with van der Waals surface area (Å²) in [5, 5.41) is 6.28. The van der Waals surface area contributed by atoms with Gasteiger partial charge >= 0.3 is 6.18 Å². The fourth-order valence-electron chi connectivity index (χ4n) is 4.03. The number of nitrogens with zero attached hydrogens (tertiary/aromatic N) is 2. The number of hydrogen-bond acceptors (Lipinski definition) is 5. The first-order valence-electron chi connectivity index (χ1n) is 9.65. The molecule has 1 aromatic carbocycles. The highest BCUT2D eigenvalue weighted by atomic mass is 19.4. The summed E-state index contributed by atoms with van der Waals surface area (Å²) in [4.78, 5) is 11.3. The Labute approximate surface area is 164 Å². The van der Waals surface area contributed by atoms with E-state index in [0.29, 0.717) is 18.0 Å². The molecule has 151 valence electrons. The number of nitrogens with one attached hydrogen (secondary N) is 3. The Morgan fingerprint density at radius 1 is 1.21 bits per heavy atom. The standard InChI is InChI=1S/C20H19F3N5O/c21-20(22,23)13-10-24-17-15(13)18(25-12-5-1-2-6-12)28-19(27-17)26-14-7-3-4-11-8-9-29-16(11)14/h3,7,10,12H,1-2,5-6,8-9H2,(H3,24,25,26,27,28). The predicted octanol–water partition coefficient (Wildman–Crippen LogP) is 4.81. The van der Waals surface area contributed by atoms with Crippen LogP contribution >= 0.6 is 0 Å². The SMILES string of the molecule is FC(F)(F)c1c[nH]c2nc(Nc3cc[c]c4c3OCC4)nc(NC3CCCC3)c12. The van der Waals surface area contributed by atoms with Crippen LogP contribution < -0.4 is 15.4 Å². The predicted molar refractivity (Wildman–Crippen MR) is 103 cm³/mol. The average molecular weight is 402 g/mol. The maximum atomic E-state index is 13.5. The zero-order valence-corrected chi connectivity index (χ0v) is 15.5. The first-order valence-corrected chi connectivity index (χ1v) is 9.65. The molecule has 29 heavy (non-hydrogen) atoms. The lowest BCUT2D eigenvalue weighted by atomic mass is 10.1. The number of rotatable bonds is 4. The van der Waals surface area contributed by atoms with Crippen molar-refractivity contribution in [1.29, 1.82) is 0 Å². The summed E-state index contributed by atoms with van der Waals surface area (Å²) in [6, 6.07) is 6.81. The minimum absolute atomic E-state index is 0.0298. The van der Waals surface area contributed by atoms with Gasteiger partial charge in [-0.1, -0.05) is 18.9 Å². The van der Waals surface area contributed by atoms with Crippen LogP contribution in [0.1, 0.15) is 36.8 Å². The largest absolute Gasteiger partial charge is 0.491 e. The highest BCUT2D eigenvalue weighted by Crippen LogP contribution is 2.39. The van der Waals surface area contributed by atoms with Crippen molar-refractivity contribution < 1.29 is 17.9 Å². The number of halogens is 3. The van der Waals surface area contributed by atoms with Gasteiger partial charge in [0.1, 0.15) is 17.2 Å². The zero-order valence-electron chi connectivity index (χ0n) is 15.5. The summed E-state index contributed by atoms with van der Waals surface area (Å²) in [6.07, 6.45) is 1.16. The molecule has 0 amide bonds. The van der Waals surface area contributed by atoms with E-state index in [4.69, 9.17) is 4.74 Å². The van der Waals surface area contributed by atoms with Crippen molar-refractivity contribution in [3.63, 3.8) is 0 Å². The molecule has 3 aromatic rings. The third kappa shape index (κ3) is 3.34. The maximum Gasteiger partial charge on any atom is 0.418 e. The summed E-state index contributed by atoms with van der Waals surface area (Å²) < 4.78 is 46.2. The van der Waals surface area contributed by atoms with E-state index in [0.717, 1.165) is 43.9 Å². The van der Waals surface area contributed by atoms with Crippen molar-refractivity contribution in [3.05, 3.63) is 35.5 Å². The van der Waals surface area contributed by atoms with Crippen LogP contribution in [0.3, 0.4) is 0 Å². The van der Waals surface area contributed by atoms with Gasteiger partial charge in [-0.05, 0) is 25.0 Å². The minimum atomic E-state index is -4.49. The number of aromatic amines is 1. The van der Waals surface area contributed by atoms with Gasteiger partial charge in [0, 0.05) is 24.2 Å². The van der Waals surface area contributed by atoms with E-state index in [1.165, 1.54) is 0 Å². The van der Waals surface area contributed by atoms with E-state index < -0.39 is 11.7 Å². The molecular weight excluding hydrogens is 383 g/mol. The number of alkyl halides is 3. The lowest BCUT2D eigenvalue weighted by molar-refractivity contribution is -0.136. The van der Waals surface area contributed by atoms with Gasteiger partial charge in [-0.3, -0.25) is 0 Å². The summed E-state index contributed by atoms with van der Waals surface area (Å²) >= 11 is 0. The molecule has 1 radical (unpaired) electrons. The molecule has 3 heterocycles. The second-order valence-electron chi connectivity index (χ2n) is 7.37. The lowest BCUT2D eigenvalue weighted by Crippen LogP contribution is -2.17. The molecular formula is C20H19F3N5O. The van der Waals surface area contributed by atoms with Gasteiger partial charge in [0.2, 0.25) is 5.95 Å². The summed E-state index contributed by atoms with van der Waals surface area (Å²) in [6.45, 7) is 0.574. The first kappa shape index (κ1) is 18.1. The van der Waals surface area contributed by atoms with Crippen molar-refractivity contribution >= 4 is 28.5 Å². The summed E-state index contributed by atoms with van der Waals surface area (Å²) in [5.74, 6) is 1.08. The summed E-state index contributed by atoms with van der Waals surface area (Å²) in [7, 11) is 0. The van der Waals surface area contributed by atoms with E-state index in [-0.39, 0.29) is 28.8 Å². The molecule has 0 bridgehead atoms. The van der Waals surface area contributed by atoms with Crippen LogP contribution in [0.4, 0.5) is 30.6 Å². The Bertz CT molecular complexity index is 1060. The highest BCUT2D eigenvalue weighted by Gasteiger charge is 2.36. The number of hydrogen-bond donors (Lipinski definition) is 3. The van der Waals surface area contributed by atoms with Crippen molar-refractivity contribution in [2.75, 3.05) is 17.2 Å². The fourth-order valence-corrected chi connectivity index (χ4v) is 4.03. The number of fused-ring (bicyclic) bond motifs is 2. The third-order valence-electron chi connectivity index (χ3n) is 5.40. The molecule has 1 aliphatic heterocycles. The molecule has 1 fully saturated rings. The minimum Gasteiger partial charge on any atom is -0.491 e. The Hall–Kier alpha value is -2.97. The van der Waals surface area contributed by atoms with Gasteiger partial charge in [0.05, 0.1) is 23.2 Å². The number of H-pyrrole nitrogens is 1. The molecule has 1 saturated carbocycles. The van der Waals surface area contributed by atoms with Crippen molar-refractivity contribution in [2.45, 2.75) is 44.3 Å². The molecule has 3 N–H and O–H groups in total. The van der Waals surface area contributed by atoms with E-state index in [1.807, 2.05) is 0 Å². The monoisotopic (exact) mass is 402 g/mol. The Balaban J connectivity index is 1.57. The lowest BCUT2D eigenvalue weighted by Gasteiger charge is -2.16. The van der Waals surface area contributed by atoms with Crippen LogP contribution in [0.25, 0.3) is 11.0 Å². The molecule has 0 saturated heterocycles. The number of aromatic nitrogens is 3. The second-order valence-corrected chi connectivity index (χ2v) is 7.37. The molecule has 9 heteroatoms. The molecule has 0 atom stereocenters. The smallest absolute Gasteiger partial charge is 0.418 e. The van der Waals surface area contributed by atoms with Crippen LogP contribution in [0, 0.1) is 6.07 Å². The molecule has 0 spiro atoms. The number of ether oxygens (including phenoxy) is 1. The van der Waals surface area contributed by atoms with E-state index in [2.05, 4.69) is 31.7 Å². The van der Waals surface area contributed by atoms with Gasteiger partial charge in [-0.15, -0.1) is 0 Å². The average Bonchev–Trinajstić information content (AvgIpc) is 3.41. The van der Waals surface area contributed by atoms with Gasteiger partial charge in [0.15, 0.2) is 0 Å². The maximum absolute atomic E-state index is 13.5. The topological polar surface area (TPSA) is 74.9 Å². The normalized spacial score (nSPS) is 16.8. The molecule has 2 aromatic heterocycles. The second kappa shape index (κ2) is 6.82. The molecule has 6 nitrogen and oxygen atoms in total. The van der Waals surface area contributed by atoms with Crippen molar-refractivity contribution in [3.8, 4) is 5.75 Å². The zero-order chi connectivity index (χ0) is 20.0. The quantitative estimate of drug-likeness (QED) is 0.584. The van der Waals surface area contributed by atoms with Crippen molar-refractivity contribution in [1.82, 2.24) is 15.0 Å². The molecule has 0 unspecified atom stereocenters. The van der Waals surface area contributed by atoms with Crippen LogP contribution in [-0.4, -0.2) is 27.6 Å². The number of benzene rings is 1. The molecule has 1 aliphatic carbocycles. The van der Waals surface area contributed by atoms with E-state index in [9.17, 15) is 13.2 Å². The molecule has 5 rings (SSSR count). The van der Waals surface area contributed by atoms with Gasteiger partial charge in [-0.25, -0.2) is 0 Å². The van der Waals surface area contributed by atoms with Crippen LogP contribution in [0.2, 0.25) is 0 Å². The van der Waals surface area contributed by atoms with Crippen LogP contribution in [0.5, 0.6) is 5.75 Å². The van der Waals surface area contributed by atoms with Crippen LogP contribution in [-0.2, 0) is 12.6 Å². The Morgan fingerprint density at radius 2 is 2.03 bits per heavy atom. The summed E-state index contributed by atoms with van der Waals surface area (Å²) in [5.41, 5.74) is 0.998. The van der Waals surface area contributed by atoms with E-state index in [1.54, 1.807) is 12.1 Å². The molecule has 2 aliphatic rings. The van der Waals surface area contributed by atoms with Gasteiger partial charge < -0.3 is 20.4 Å². The van der Waals surface area contributed by atoms with Crippen LogP contribution in [0.15, 0.2) is 18.3 Å². The van der Waals surface area contributed by atoms with Gasteiger partial charge in [0.25, 0.3) is 0 Å². The van der Waals surface area contributed by atoms with E-state index >= 15 is 0 Å². The highest BCUT2D eigenvalue weighted by molar-refractivity contribution is 5.92. The number of anilines is 3. The first-order chi connectivity index (χ1) is 14.0. The third-order valence-corrected chi connectivity index (χ3v) is 5.40.